The van der Waals surface area contributed by atoms with E-state index in [1.54, 1.807) is 38.2 Å². The van der Waals surface area contributed by atoms with E-state index in [1.807, 2.05) is 6.07 Å². The lowest BCUT2D eigenvalue weighted by atomic mass is 10.1. The Labute approximate surface area is 189 Å². The molecule has 0 fully saturated rings. The van der Waals surface area contributed by atoms with Crippen LogP contribution in [0.15, 0.2) is 57.2 Å². The molecule has 0 radical (unpaired) electrons. The van der Waals surface area contributed by atoms with Crippen molar-refractivity contribution in [3.63, 3.8) is 0 Å². The van der Waals surface area contributed by atoms with Crippen LogP contribution < -0.4 is 15.8 Å². The third-order valence-electron chi connectivity index (χ3n) is 4.03. The third-order valence-corrected chi connectivity index (χ3v) is 6.22. The molecule has 2 rings (SSSR count). The molecule has 2 aromatic rings. The Bertz CT molecular complexity index is 1080. The van der Waals surface area contributed by atoms with Crippen LogP contribution in [0.3, 0.4) is 0 Å². The van der Waals surface area contributed by atoms with Crippen molar-refractivity contribution in [2.45, 2.75) is 29.8 Å². The average Bonchev–Trinajstić information content (AvgIpc) is 2.60. The molecule has 0 saturated carbocycles. The molecule has 0 atom stereocenters. The molecule has 11 heteroatoms. The van der Waals surface area contributed by atoms with E-state index in [2.05, 4.69) is 15.6 Å². The van der Waals surface area contributed by atoms with Crippen LogP contribution in [0.5, 0.6) is 0 Å². The highest BCUT2D eigenvalue weighted by Crippen LogP contribution is 2.16. The van der Waals surface area contributed by atoms with Crippen LogP contribution in [0.1, 0.15) is 16.7 Å². The van der Waals surface area contributed by atoms with E-state index in [9.17, 15) is 16.8 Å². The molecule has 29 heavy (non-hydrogen) atoms. The molecule has 4 N–H and O–H groups in total. The maximum Gasteiger partial charge on any atom is 0.238 e. The number of primary sulfonamides is 1. The van der Waals surface area contributed by atoms with E-state index in [1.165, 1.54) is 18.4 Å². The highest BCUT2D eigenvalue weighted by atomic mass is 127. The van der Waals surface area contributed by atoms with Gasteiger partial charge in [-0.15, -0.1) is 24.0 Å². The van der Waals surface area contributed by atoms with Crippen molar-refractivity contribution < 1.29 is 16.8 Å². The maximum atomic E-state index is 11.7. The fourth-order valence-electron chi connectivity index (χ4n) is 2.63. The van der Waals surface area contributed by atoms with Gasteiger partial charge in [-0.1, -0.05) is 24.3 Å². The Kier molecular flexibility index (Phi) is 9.06. The quantitative estimate of drug-likeness (QED) is 0.283. The molecule has 0 aliphatic carbocycles. The molecule has 8 nitrogen and oxygen atoms in total. The first kappa shape index (κ1) is 25.3. The van der Waals surface area contributed by atoms with Crippen LogP contribution in [0, 0.1) is 6.92 Å². The van der Waals surface area contributed by atoms with Gasteiger partial charge in [0.25, 0.3) is 0 Å². The van der Waals surface area contributed by atoms with Crippen molar-refractivity contribution in [2.75, 3.05) is 13.3 Å². The van der Waals surface area contributed by atoms with Crippen LogP contribution in [-0.2, 0) is 33.0 Å². The van der Waals surface area contributed by atoms with Crippen molar-refractivity contribution in [3.05, 3.63) is 59.2 Å². The molecular weight excluding hydrogens is 527 g/mol. The van der Waals surface area contributed by atoms with E-state index in [0.717, 1.165) is 11.1 Å². The number of guanidine groups is 1. The number of hydrogen-bond donors (Lipinski definition) is 3. The number of nitrogens with one attached hydrogen (secondary N) is 2. The Morgan fingerprint density at radius 2 is 1.48 bits per heavy atom. The molecule has 0 bridgehead atoms. The normalized spacial score (nSPS) is 12.2. The van der Waals surface area contributed by atoms with Gasteiger partial charge < -0.3 is 10.6 Å². The van der Waals surface area contributed by atoms with Crippen LogP contribution in [0.4, 0.5) is 0 Å². The molecule has 0 aliphatic rings. The predicted molar refractivity (Wildman–Crippen MR) is 125 cm³/mol. The first-order chi connectivity index (χ1) is 13.0. The molecule has 160 valence electrons. The SMILES string of the molecule is CN=C(NCc1ccc(S(N)(=O)=O)cc1)NCc1ccc(S(C)(=O)=O)c(C)c1.I. The van der Waals surface area contributed by atoms with E-state index in [-0.39, 0.29) is 28.9 Å². The molecule has 0 aliphatic heterocycles. The molecule has 2 aromatic carbocycles. The lowest BCUT2D eigenvalue weighted by molar-refractivity contribution is 0.597. The monoisotopic (exact) mass is 552 g/mol. The van der Waals surface area contributed by atoms with Crippen LogP contribution in [0.2, 0.25) is 0 Å². The van der Waals surface area contributed by atoms with Gasteiger partial charge in [0.1, 0.15) is 0 Å². The van der Waals surface area contributed by atoms with Gasteiger partial charge >= 0.3 is 0 Å². The van der Waals surface area contributed by atoms with Crippen LogP contribution >= 0.6 is 24.0 Å². The molecule has 0 amide bonds. The summed E-state index contributed by atoms with van der Waals surface area (Å²) in [5.74, 6) is 0.556. The summed E-state index contributed by atoms with van der Waals surface area (Å²) in [7, 11) is -5.31. The molecule has 0 heterocycles. The molecular formula is C18H25IN4O4S2. The van der Waals surface area contributed by atoms with E-state index < -0.39 is 19.9 Å². The molecule has 0 aromatic heterocycles. The second-order valence-electron chi connectivity index (χ2n) is 6.34. The number of rotatable bonds is 6. The summed E-state index contributed by atoms with van der Waals surface area (Å²) < 4.78 is 45.9. The second-order valence-corrected chi connectivity index (χ2v) is 9.89. The third kappa shape index (κ3) is 7.57. The van der Waals surface area contributed by atoms with Crippen LogP contribution in [-0.4, -0.2) is 36.1 Å². The number of aliphatic imine (C=N–C) groups is 1. The van der Waals surface area contributed by atoms with E-state index in [4.69, 9.17) is 5.14 Å². The average molecular weight is 552 g/mol. The first-order valence-corrected chi connectivity index (χ1v) is 11.8. The molecule has 0 saturated heterocycles. The standard InChI is InChI=1S/C18H24N4O4S2.HI/c1-13-10-15(6-9-17(13)27(3,23)24)12-22-18(20-2)21-11-14-4-7-16(8-5-14)28(19,25)26;/h4-10H,11-12H2,1-3H3,(H2,19,25,26)(H2,20,21,22);1H. The van der Waals surface area contributed by atoms with Gasteiger partial charge in [0, 0.05) is 26.4 Å². The van der Waals surface area contributed by atoms with Crippen molar-refractivity contribution in [2.24, 2.45) is 10.1 Å². The highest BCUT2D eigenvalue weighted by Gasteiger charge is 2.11. The van der Waals surface area contributed by atoms with Crippen molar-refractivity contribution in [3.8, 4) is 0 Å². The van der Waals surface area contributed by atoms with Crippen molar-refractivity contribution in [1.29, 1.82) is 0 Å². The lowest BCUT2D eigenvalue weighted by Gasteiger charge is -2.13. The summed E-state index contributed by atoms with van der Waals surface area (Å²) in [4.78, 5) is 4.52. The largest absolute Gasteiger partial charge is 0.352 e. The zero-order valence-electron chi connectivity index (χ0n) is 16.3. The molecule has 0 spiro atoms. The fourth-order valence-corrected chi connectivity index (χ4v) is 4.10. The summed E-state index contributed by atoms with van der Waals surface area (Å²) in [6, 6.07) is 11.4. The Morgan fingerprint density at radius 1 is 0.966 bits per heavy atom. The zero-order chi connectivity index (χ0) is 20.9. The van der Waals surface area contributed by atoms with Crippen molar-refractivity contribution >= 4 is 49.8 Å². The van der Waals surface area contributed by atoms with Gasteiger partial charge in [-0.25, -0.2) is 22.0 Å². The van der Waals surface area contributed by atoms with Gasteiger partial charge in [0.15, 0.2) is 15.8 Å². The Hall–Kier alpha value is -1.70. The zero-order valence-corrected chi connectivity index (χ0v) is 20.3. The lowest BCUT2D eigenvalue weighted by Crippen LogP contribution is -2.36. The van der Waals surface area contributed by atoms with E-state index >= 15 is 0 Å². The second kappa shape index (κ2) is 10.4. The summed E-state index contributed by atoms with van der Waals surface area (Å²) in [5, 5.41) is 11.4. The number of sulfone groups is 1. The Morgan fingerprint density at radius 3 is 1.93 bits per heavy atom. The minimum Gasteiger partial charge on any atom is -0.352 e. The summed E-state index contributed by atoms with van der Waals surface area (Å²) >= 11 is 0. The number of halogens is 1. The van der Waals surface area contributed by atoms with Gasteiger partial charge in [0.2, 0.25) is 10.0 Å². The highest BCUT2D eigenvalue weighted by molar-refractivity contribution is 14.0. The van der Waals surface area contributed by atoms with E-state index in [0.29, 0.717) is 29.5 Å². The predicted octanol–water partition coefficient (Wildman–Crippen LogP) is 1.53. The minimum absolute atomic E-state index is 0. The van der Waals surface area contributed by atoms with Crippen molar-refractivity contribution in [1.82, 2.24) is 10.6 Å². The van der Waals surface area contributed by atoms with Gasteiger partial charge in [-0.2, -0.15) is 0 Å². The Balaban J connectivity index is 0.00000420. The number of aryl methyl sites for hydroxylation is 1. The first-order valence-electron chi connectivity index (χ1n) is 8.36. The summed E-state index contributed by atoms with van der Waals surface area (Å²) in [6.45, 7) is 2.67. The number of hydrogen-bond acceptors (Lipinski definition) is 5. The number of nitrogens with zero attached hydrogens (tertiary/aromatic N) is 1. The summed E-state index contributed by atoms with van der Waals surface area (Å²) in [5.41, 5.74) is 2.48. The topological polar surface area (TPSA) is 131 Å². The minimum atomic E-state index is -3.70. The number of sulfonamides is 1. The fraction of sp³-hybridized carbons (Fsp3) is 0.278. The smallest absolute Gasteiger partial charge is 0.238 e. The van der Waals surface area contributed by atoms with Gasteiger partial charge in [-0.3, -0.25) is 4.99 Å². The van der Waals surface area contributed by atoms with Gasteiger partial charge in [-0.05, 0) is 41.8 Å². The van der Waals surface area contributed by atoms with Gasteiger partial charge in [0.05, 0.1) is 9.79 Å². The number of nitrogens with two attached hydrogens (primary N) is 1. The number of benzene rings is 2. The van der Waals surface area contributed by atoms with Crippen LogP contribution in [0.25, 0.3) is 0 Å². The molecule has 0 unspecified atom stereocenters. The summed E-state index contributed by atoms with van der Waals surface area (Å²) in [6.07, 6.45) is 1.19. The maximum absolute atomic E-state index is 11.7.